The molecule has 1 aromatic carbocycles. The number of aromatic nitrogens is 2. The van der Waals surface area contributed by atoms with Crippen molar-refractivity contribution in [1.82, 2.24) is 10.2 Å². The molecule has 0 unspecified atom stereocenters. The van der Waals surface area contributed by atoms with E-state index in [1.807, 2.05) is 32.0 Å². The van der Waals surface area contributed by atoms with Gasteiger partial charge in [-0.1, -0.05) is 12.1 Å². The second-order valence-electron chi connectivity index (χ2n) is 3.51. The lowest BCUT2D eigenvalue weighted by Crippen LogP contribution is -1.92. The number of benzene rings is 1. The zero-order chi connectivity index (χ0) is 10.8. The van der Waals surface area contributed by atoms with Crippen LogP contribution in [-0.4, -0.2) is 10.2 Å². The zero-order valence-electron chi connectivity index (χ0n) is 8.70. The van der Waals surface area contributed by atoms with Crippen molar-refractivity contribution in [3.8, 4) is 17.3 Å². The summed E-state index contributed by atoms with van der Waals surface area (Å²) in [5.41, 5.74) is 4.75. The average molecular weight is 197 g/mol. The minimum absolute atomic E-state index is 0.752. The van der Waals surface area contributed by atoms with E-state index in [9.17, 15) is 0 Å². The van der Waals surface area contributed by atoms with Gasteiger partial charge in [-0.3, -0.25) is 5.10 Å². The predicted octanol–water partition coefficient (Wildman–Crippen LogP) is 2.57. The fraction of sp³-hybridized carbons (Fsp3) is 0.167. The van der Waals surface area contributed by atoms with Gasteiger partial charge in [0.15, 0.2) is 0 Å². The van der Waals surface area contributed by atoms with Crippen LogP contribution >= 0.6 is 0 Å². The van der Waals surface area contributed by atoms with E-state index in [0.29, 0.717) is 0 Å². The maximum Gasteiger partial charge on any atom is 0.0997 e. The lowest BCUT2D eigenvalue weighted by Gasteiger charge is -2.07. The summed E-state index contributed by atoms with van der Waals surface area (Å²) >= 11 is 0. The molecular weight excluding hydrogens is 186 g/mol. The minimum atomic E-state index is 0.752. The second kappa shape index (κ2) is 3.58. The van der Waals surface area contributed by atoms with Gasteiger partial charge in [0, 0.05) is 11.8 Å². The van der Waals surface area contributed by atoms with Crippen molar-refractivity contribution in [2.24, 2.45) is 0 Å². The Labute approximate surface area is 88.4 Å². The molecular formula is C12H11N3. The highest BCUT2D eigenvalue weighted by Gasteiger charge is 2.08. The van der Waals surface area contributed by atoms with Crippen LogP contribution in [0, 0.1) is 25.2 Å². The number of H-pyrrole nitrogens is 1. The van der Waals surface area contributed by atoms with Gasteiger partial charge in [-0.05, 0) is 31.0 Å². The van der Waals surface area contributed by atoms with E-state index in [2.05, 4.69) is 16.3 Å². The molecule has 0 amide bonds. The van der Waals surface area contributed by atoms with E-state index in [-0.39, 0.29) is 0 Å². The molecule has 0 radical (unpaired) electrons. The summed E-state index contributed by atoms with van der Waals surface area (Å²) in [5, 5.41) is 15.9. The van der Waals surface area contributed by atoms with Crippen molar-refractivity contribution < 1.29 is 0 Å². The third-order valence-electron chi connectivity index (χ3n) is 2.58. The van der Waals surface area contributed by atoms with Crippen LogP contribution in [0.15, 0.2) is 24.4 Å². The average Bonchev–Trinajstić information content (AvgIpc) is 2.71. The van der Waals surface area contributed by atoms with E-state index in [0.717, 1.165) is 27.9 Å². The first-order chi connectivity index (χ1) is 7.24. The van der Waals surface area contributed by atoms with E-state index >= 15 is 0 Å². The fourth-order valence-electron chi connectivity index (χ4n) is 1.72. The molecule has 0 saturated carbocycles. The number of aromatic amines is 1. The summed E-state index contributed by atoms with van der Waals surface area (Å²) in [4.78, 5) is 0. The Kier molecular flexibility index (Phi) is 2.26. The van der Waals surface area contributed by atoms with Crippen LogP contribution in [0.4, 0.5) is 0 Å². The van der Waals surface area contributed by atoms with Gasteiger partial charge in [0.2, 0.25) is 0 Å². The Morgan fingerprint density at radius 3 is 2.67 bits per heavy atom. The highest BCUT2D eigenvalue weighted by atomic mass is 15.1. The molecule has 0 aliphatic heterocycles. The summed E-state index contributed by atoms with van der Waals surface area (Å²) < 4.78 is 0. The molecule has 1 heterocycles. The third kappa shape index (κ3) is 1.50. The number of nitrogens with one attached hydrogen (secondary N) is 1. The maximum absolute atomic E-state index is 9.05. The first-order valence-electron chi connectivity index (χ1n) is 4.74. The highest BCUT2D eigenvalue weighted by Crippen LogP contribution is 2.25. The SMILES string of the molecule is Cc1ccc(-c2ccn[nH]2)c(C)c1C#N. The number of nitriles is 1. The molecule has 0 fully saturated rings. The van der Waals surface area contributed by atoms with Gasteiger partial charge in [-0.2, -0.15) is 10.4 Å². The third-order valence-corrected chi connectivity index (χ3v) is 2.58. The van der Waals surface area contributed by atoms with Gasteiger partial charge in [0.05, 0.1) is 17.3 Å². The van der Waals surface area contributed by atoms with Crippen molar-refractivity contribution in [2.75, 3.05) is 0 Å². The van der Waals surface area contributed by atoms with Crippen molar-refractivity contribution in [3.05, 3.63) is 41.1 Å². The van der Waals surface area contributed by atoms with Crippen LogP contribution < -0.4 is 0 Å². The molecule has 15 heavy (non-hydrogen) atoms. The van der Waals surface area contributed by atoms with Gasteiger partial charge in [0.25, 0.3) is 0 Å². The summed E-state index contributed by atoms with van der Waals surface area (Å²) in [5.74, 6) is 0. The topological polar surface area (TPSA) is 52.5 Å². The Bertz CT molecular complexity index is 519. The first-order valence-corrected chi connectivity index (χ1v) is 4.74. The Morgan fingerprint density at radius 1 is 1.27 bits per heavy atom. The molecule has 0 atom stereocenters. The summed E-state index contributed by atoms with van der Waals surface area (Å²) in [6.07, 6.45) is 1.71. The molecule has 0 spiro atoms. The lowest BCUT2D eigenvalue weighted by atomic mass is 9.97. The predicted molar refractivity (Wildman–Crippen MR) is 58.2 cm³/mol. The van der Waals surface area contributed by atoms with E-state index < -0.39 is 0 Å². The van der Waals surface area contributed by atoms with E-state index in [1.54, 1.807) is 6.20 Å². The zero-order valence-corrected chi connectivity index (χ0v) is 8.70. The van der Waals surface area contributed by atoms with Crippen molar-refractivity contribution in [1.29, 1.82) is 5.26 Å². The van der Waals surface area contributed by atoms with Crippen molar-refractivity contribution in [3.63, 3.8) is 0 Å². The molecule has 0 aliphatic carbocycles. The van der Waals surface area contributed by atoms with Crippen LogP contribution in [0.1, 0.15) is 16.7 Å². The van der Waals surface area contributed by atoms with Gasteiger partial charge < -0.3 is 0 Å². The highest BCUT2D eigenvalue weighted by molar-refractivity contribution is 5.67. The molecule has 1 aromatic heterocycles. The molecule has 1 N–H and O–H groups in total. The largest absolute Gasteiger partial charge is 0.278 e. The Morgan fingerprint density at radius 2 is 2.07 bits per heavy atom. The minimum Gasteiger partial charge on any atom is -0.278 e. The normalized spacial score (nSPS) is 9.93. The molecule has 2 aromatic rings. The van der Waals surface area contributed by atoms with Crippen LogP contribution in [0.2, 0.25) is 0 Å². The number of hydrogen-bond acceptors (Lipinski definition) is 2. The van der Waals surface area contributed by atoms with Gasteiger partial charge in [-0.15, -0.1) is 0 Å². The maximum atomic E-state index is 9.05. The monoisotopic (exact) mass is 197 g/mol. The molecule has 3 nitrogen and oxygen atoms in total. The number of rotatable bonds is 1. The van der Waals surface area contributed by atoms with Crippen LogP contribution in [0.5, 0.6) is 0 Å². The quantitative estimate of drug-likeness (QED) is 0.763. The Hall–Kier alpha value is -2.08. The molecule has 3 heteroatoms. The fourth-order valence-corrected chi connectivity index (χ4v) is 1.72. The molecule has 0 bridgehead atoms. The van der Waals surface area contributed by atoms with E-state index in [1.165, 1.54) is 0 Å². The van der Waals surface area contributed by atoms with Crippen molar-refractivity contribution in [2.45, 2.75) is 13.8 Å². The first kappa shape index (κ1) is 9.47. The van der Waals surface area contributed by atoms with Gasteiger partial charge in [-0.25, -0.2) is 0 Å². The van der Waals surface area contributed by atoms with Crippen molar-refractivity contribution >= 4 is 0 Å². The van der Waals surface area contributed by atoms with Gasteiger partial charge >= 0.3 is 0 Å². The molecule has 2 rings (SSSR count). The lowest BCUT2D eigenvalue weighted by molar-refractivity contribution is 1.09. The van der Waals surface area contributed by atoms with Crippen LogP contribution in [0.3, 0.4) is 0 Å². The van der Waals surface area contributed by atoms with E-state index in [4.69, 9.17) is 5.26 Å². The molecule has 0 saturated heterocycles. The summed E-state index contributed by atoms with van der Waals surface area (Å²) in [7, 11) is 0. The number of hydrogen-bond donors (Lipinski definition) is 1. The van der Waals surface area contributed by atoms with Gasteiger partial charge in [0.1, 0.15) is 0 Å². The van der Waals surface area contributed by atoms with Crippen LogP contribution in [0.25, 0.3) is 11.3 Å². The second-order valence-corrected chi connectivity index (χ2v) is 3.51. The number of nitrogens with zero attached hydrogens (tertiary/aromatic N) is 2. The standard InChI is InChI=1S/C12H11N3/c1-8-3-4-10(9(2)11(8)7-13)12-5-6-14-15-12/h3-6H,1-2H3,(H,14,15). The summed E-state index contributed by atoms with van der Waals surface area (Å²) in [6.45, 7) is 3.91. The molecule has 74 valence electrons. The number of aryl methyl sites for hydroxylation is 1. The Balaban J connectivity index is 2.66. The summed E-state index contributed by atoms with van der Waals surface area (Å²) in [6, 6.07) is 8.11. The van der Waals surface area contributed by atoms with Crippen LogP contribution in [-0.2, 0) is 0 Å². The molecule has 0 aliphatic rings. The smallest absolute Gasteiger partial charge is 0.0997 e.